The number of H-pyrrole nitrogens is 2. The minimum absolute atomic E-state index is 0.0601. The average molecular weight is 567 g/mol. The fraction of sp³-hybridized carbons (Fsp3) is 0. The zero-order valence-electron chi connectivity index (χ0n) is 19.4. The standard InChI is InChI=1S/C13H9ClN2O2S.C13H10N2O3S/c14-19(17,18)10-6-7-11-12(8-10)16-13(15-11)9-4-2-1-3-5-9;16-19(17,18)10-6-7-11-12(8-10)15-13(14-11)9-4-2-1-3-5-9/h1-8H,(H,15,16);1-8H,(H,14,15)(H,16,17,18). The first kappa shape index (κ1) is 25.6. The highest BCUT2D eigenvalue weighted by molar-refractivity contribution is 8.13. The van der Waals surface area contributed by atoms with Crippen LogP contribution in [0.3, 0.4) is 0 Å². The zero-order chi connectivity index (χ0) is 26.9. The highest BCUT2D eigenvalue weighted by Gasteiger charge is 2.13. The van der Waals surface area contributed by atoms with Crippen LogP contribution >= 0.6 is 10.7 Å². The number of aromatic nitrogens is 4. The van der Waals surface area contributed by atoms with E-state index in [4.69, 9.17) is 15.2 Å². The van der Waals surface area contributed by atoms with E-state index in [0.29, 0.717) is 33.7 Å². The molecule has 0 fully saturated rings. The fourth-order valence-corrected chi connectivity index (χ4v) is 5.04. The second-order valence-corrected chi connectivity index (χ2v) is 12.2. The number of hydrogen-bond acceptors (Lipinski definition) is 6. The van der Waals surface area contributed by atoms with Crippen molar-refractivity contribution in [2.24, 2.45) is 0 Å². The maximum absolute atomic E-state index is 11.3. The van der Waals surface area contributed by atoms with Gasteiger partial charge in [0.15, 0.2) is 0 Å². The number of nitrogens with one attached hydrogen (secondary N) is 2. The summed E-state index contributed by atoms with van der Waals surface area (Å²) in [6.07, 6.45) is 0. The quantitative estimate of drug-likeness (QED) is 0.185. The number of nitrogens with zero attached hydrogens (tertiary/aromatic N) is 2. The Morgan fingerprint density at radius 2 is 1.03 bits per heavy atom. The molecule has 0 saturated heterocycles. The van der Waals surface area contributed by atoms with Gasteiger partial charge in [-0.25, -0.2) is 18.4 Å². The molecular formula is C26H19ClN4O5S2. The normalized spacial score (nSPS) is 11.8. The number of fused-ring (bicyclic) bond motifs is 2. The summed E-state index contributed by atoms with van der Waals surface area (Å²) in [6.45, 7) is 0. The van der Waals surface area contributed by atoms with Gasteiger partial charge in [0.05, 0.1) is 31.9 Å². The van der Waals surface area contributed by atoms with E-state index < -0.39 is 19.2 Å². The first-order valence-electron chi connectivity index (χ1n) is 11.1. The smallest absolute Gasteiger partial charge is 0.294 e. The van der Waals surface area contributed by atoms with Crippen LogP contribution in [-0.2, 0) is 19.2 Å². The maximum atomic E-state index is 11.3. The molecule has 0 aliphatic rings. The van der Waals surface area contributed by atoms with Crippen LogP contribution in [0.15, 0.2) is 107 Å². The van der Waals surface area contributed by atoms with Crippen LogP contribution in [0.2, 0.25) is 0 Å². The second kappa shape index (κ2) is 10.0. The average Bonchev–Trinajstić information content (AvgIpc) is 3.53. The van der Waals surface area contributed by atoms with Crippen molar-refractivity contribution in [3.8, 4) is 22.8 Å². The summed E-state index contributed by atoms with van der Waals surface area (Å²) in [5, 5.41) is 0. The van der Waals surface area contributed by atoms with Gasteiger partial charge in [-0.05, 0) is 36.4 Å². The molecular weight excluding hydrogens is 548 g/mol. The minimum Gasteiger partial charge on any atom is -0.338 e. The number of imidazole rings is 2. The molecule has 12 heteroatoms. The van der Waals surface area contributed by atoms with Crippen LogP contribution in [0, 0.1) is 0 Å². The van der Waals surface area contributed by atoms with Crippen LogP contribution in [0.25, 0.3) is 44.8 Å². The van der Waals surface area contributed by atoms with Gasteiger partial charge in [-0.15, -0.1) is 0 Å². The molecule has 0 saturated carbocycles. The topological polar surface area (TPSA) is 146 Å². The van der Waals surface area contributed by atoms with Crippen LogP contribution in [-0.4, -0.2) is 41.3 Å². The Morgan fingerprint density at radius 1 is 0.605 bits per heavy atom. The summed E-state index contributed by atoms with van der Waals surface area (Å²) in [4.78, 5) is 14.8. The molecule has 0 atom stereocenters. The van der Waals surface area contributed by atoms with Crippen molar-refractivity contribution in [3.63, 3.8) is 0 Å². The minimum atomic E-state index is -4.20. The van der Waals surface area contributed by atoms with E-state index in [0.717, 1.165) is 11.1 Å². The maximum Gasteiger partial charge on any atom is 0.294 e. The molecule has 6 rings (SSSR count). The van der Waals surface area contributed by atoms with Gasteiger partial charge in [0.1, 0.15) is 11.6 Å². The Bertz CT molecular complexity index is 1830. The van der Waals surface area contributed by atoms with E-state index in [1.54, 1.807) is 12.1 Å². The van der Waals surface area contributed by atoms with Gasteiger partial charge in [0.2, 0.25) is 0 Å². The third kappa shape index (κ3) is 5.60. The van der Waals surface area contributed by atoms with E-state index >= 15 is 0 Å². The molecule has 2 heterocycles. The van der Waals surface area contributed by atoms with E-state index in [1.807, 2.05) is 60.7 Å². The summed E-state index contributed by atoms with van der Waals surface area (Å²) in [5.74, 6) is 1.35. The molecule has 0 aliphatic heterocycles. The molecule has 4 aromatic carbocycles. The van der Waals surface area contributed by atoms with Crippen molar-refractivity contribution in [2.45, 2.75) is 9.79 Å². The highest BCUT2D eigenvalue weighted by Crippen LogP contribution is 2.24. The largest absolute Gasteiger partial charge is 0.338 e. The van der Waals surface area contributed by atoms with Gasteiger partial charge in [-0.1, -0.05) is 60.7 Å². The monoisotopic (exact) mass is 566 g/mol. The van der Waals surface area contributed by atoms with Gasteiger partial charge < -0.3 is 9.97 Å². The number of aromatic amines is 2. The molecule has 3 N–H and O–H groups in total. The Morgan fingerprint density at radius 3 is 1.45 bits per heavy atom. The van der Waals surface area contributed by atoms with Crippen molar-refractivity contribution in [1.82, 2.24) is 19.9 Å². The first-order chi connectivity index (χ1) is 18.1. The summed E-state index contributed by atoms with van der Waals surface area (Å²) in [6, 6.07) is 27.9. The molecule has 0 radical (unpaired) electrons. The van der Waals surface area contributed by atoms with Gasteiger partial charge in [-0.2, -0.15) is 8.42 Å². The van der Waals surface area contributed by atoms with E-state index in [-0.39, 0.29) is 9.79 Å². The Kier molecular flexibility index (Phi) is 6.76. The van der Waals surface area contributed by atoms with Crippen LogP contribution in [0.4, 0.5) is 0 Å². The van der Waals surface area contributed by atoms with Crippen LogP contribution < -0.4 is 0 Å². The zero-order valence-corrected chi connectivity index (χ0v) is 21.8. The molecule has 38 heavy (non-hydrogen) atoms. The van der Waals surface area contributed by atoms with E-state index in [2.05, 4.69) is 19.9 Å². The summed E-state index contributed by atoms with van der Waals surface area (Å²) in [7, 11) is -2.60. The highest BCUT2D eigenvalue weighted by atomic mass is 35.7. The predicted molar refractivity (Wildman–Crippen MR) is 146 cm³/mol. The molecule has 0 amide bonds. The summed E-state index contributed by atoms with van der Waals surface area (Å²) in [5.41, 5.74) is 4.39. The summed E-state index contributed by atoms with van der Waals surface area (Å²) < 4.78 is 53.7. The number of benzene rings is 4. The third-order valence-electron chi connectivity index (χ3n) is 5.58. The number of rotatable bonds is 4. The second-order valence-electron chi connectivity index (χ2n) is 8.17. The molecule has 2 aromatic heterocycles. The molecule has 0 unspecified atom stereocenters. The Labute approximate surface area is 222 Å². The van der Waals surface area contributed by atoms with Crippen molar-refractivity contribution < 1.29 is 21.4 Å². The van der Waals surface area contributed by atoms with Crippen LogP contribution in [0.1, 0.15) is 0 Å². The number of halogens is 1. The predicted octanol–water partition coefficient (Wildman–Crippen LogP) is 5.63. The van der Waals surface area contributed by atoms with Crippen molar-refractivity contribution in [1.29, 1.82) is 0 Å². The summed E-state index contributed by atoms with van der Waals surface area (Å²) >= 11 is 0. The lowest BCUT2D eigenvalue weighted by Crippen LogP contribution is -1.97. The fourth-order valence-electron chi connectivity index (χ4n) is 3.76. The van der Waals surface area contributed by atoms with Crippen LogP contribution in [0.5, 0.6) is 0 Å². The van der Waals surface area contributed by atoms with Crippen molar-refractivity contribution in [3.05, 3.63) is 97.1 Å². The van der Waals surface area contributed by atoms with Gasteiger partial charge >= 0.3 is 0 Å². The first-order valence-corrected chi connectivity index (χ1v) is 14.9. The van der Waals surface area contributed by atoms with Gasteiger partial charge in [0, 0.05) is 21.8 Å². The molecule has 0 spiro atoms. The lowest BCUT2D eigenvalue weighted by Gasteiger charge is -1.95. The lowest BCUT2D eigenvalue weighted by atomic mass is 10.2. The molecule has 9 nitrogen and oxygen atoms in total. The molecule has 0 aliphatic carbocycles. The number of hydrogen-bond donors (Lipinski definition) is 3. The molecule has 6 aromatic rings. The van der Waals surface area contributed by atoms with Crippen molar-refractivity contribution >= 4 is 51.9 Å². The Balaban J connectivity index is 0.000000155. The van der Waals surface area contributed by atoms with E-state index in [9.17, 15) is 16.8 Å². The lowest BCUT2D eigenvalue weighted by molar-refractivity contribution is 0.483. The van der Waals surface area contributed by atoms with Gasteiger partial charge in [0.25, 0.3) is 19.2 Å². The Hall–Kier alpha value is -4.03. The third-order valence-corrected chi connectivity index (χ3v) is 7.78. The van der Waals surface area contributed by atoms with Crippen molar-refractivity contribution in [2.75, 3.05) is 0 Å². The van der Waals surface area contributed by atoms with Gasteiger partial charge in [-0.3, -0.25) is 4.55 Å². The molecule has 0 bridgehead atoms. The molecule has 192 valence electrons. The van der Waals surface area contributed by atoms with E-state index in [1.165, 1.54) is 24.3 Å². The SMILES string of the molecule is O=S(=O)(Cl)c1ccc2nc(-c3ccccc3)[nH]c2c1.O=S(=O)(O)c1ccc2nc(-c3ccccc3)[nH]c2c1.